The molecule has 2 aromatic rings. The van der Waals surface area contributed by atoms with Crippen LogP contribution in [0.1, 0.15) is 17.2 Å². The number of furan rings is 1. The van der Waals surface area contributed by atoms with Gasteiger partial charge in [0.05, 0.1) is 12.2 Å². The summed E-state index contributed by atoms with van der Waals surface area (Å²) in [6, 6.07) is 3.49. The summed E-state index contributed by atoms with van der Waals surface area (Å²) in [6.07, 6.45) is 0. The molecule has 104 valence electrons. The van der Waals surface area contributed by atoms with Gasteiger partial charge in [0.2, 0.25) is 10.0 Å². The number of hydrogen-bond donors (Lipinski definition) is 1. The molecular formula is C11H14ClN3O3S. The third-order valence-corrected chi connectivity index (χ3v) is 4.70. The zero-order valence-corrected chi connectivity index (χ0v) is 12.3. The first-order valence-corrected chi connectivity index (χ1v) is 7.41. The first-order valence-electron chi connectivity index (χ1n) is 5.55. The second-order valence-electron chi connectivity index (χ2n) is 4.17. The van der Waals surface area contributed by atoms with E-state index in [1.807, 2.05) is 0 Å². The lowest BCUT2D eigenvalue weighted by Gasteiger charge is -2.04. The molecule has 0 spiro atoms. The van der Waals surface area contributed by atoms with E-state index in [2.05, 4.69) is 9.82 Å². The molecule has 2 aromatic heterocycles. The Morgan fingerprint density at radius 2 is 2.11 bits per heavy atom. The van der Waals surface area contributed by atoms with Gasteiger partial charge in [-0.2, -0.15) is 5.10 Å². The maximum atomic E-state index is 12.2. The summed E-state index contributed by atoms with van der Waals surface area (Å²) in [5.74, 6) is 1.27. The van der Waals surface area contributed by atoms with Crippen molar-refractivity contribution in [2.45, 2.75) is 25.3 Å². The van der Waals surface area contributed by atoms with Gasteiger partial charge in [0.25, 0.3) is 0 Å². The molecule has 0 radical (unpaired) electrons. The molecule has 0 atom stereocenters. The molecule has 0 amide bonds. The summed E-state index contributed by atoms with van der Waals surface area (Å²) in [7, 11) is -2.13. The minimum atomic E-state index is -3.72. The van der Waals surface area contributed by atoms with Crippen molar-refractivity contribution in [2.24, 2.45) is 7.05 Å². The maximum Gasteiger partial charge on any atom is 0.245 e. The topological polar surface area (TPSA) is 77.1 Å². The van der Waals surface area contributed by atoms with Gasteiger partial charge in [-0.15, -0.1) is 0 Å². The highest BCUT2D eigenvalue weighted by atomic mass is 35.5. The predicted octanol–water partition coefficient (Wildman–Crippen LogP) is 1.76. The van der Waals surface area contributed by atoms with E-state index in [1.165, 1.54) is 4.68 Å². The summed E-state index contributed by atoms with van der Waals surface area (Å²) in [5, 5.41) is 4.06. The predicted molar refractivity (Wildman–Crippen MR) is 70.4 cm³/mol. The molecule has 19 heavy (non-hydrogen) atoms. The number of hydrogen-bond acceptors (Lipinski definition) is 4. The fourth-order valence-corrected chi connectivity index (χ4v) is 3.47. The van der Waals surface area contributed by atoms with Crippen molar-refractivity contribution < 1.29 is 12.8 Å². The van der Waals surface area contributed by atoms with Crippen LogP contribution in [0, 0.1) is 13.8 Å². The Labute approximate surface area is 116 Å². The Kier molecular flexibility index (Phi) is 3.71. The molecule has 0 aliphatic rings. The van der Waals surface area contributed by atoms with Crippen molar-refractivity contribution in [3.05, 3.63) is 34.5 Å². The van der Waals surface area contributed by atoms with Crippen LogP contribution in [0.15, 0.2) is 21.4 Å². The number of nitrogens with one attached hydrogen (secondary N) is 1. The summed E-state index contributed by atoms with van der Waals surface area (Å²) in [5.41, 5.74) is 0.357. The summed E-state index contributed by atoms with van der Waals surface area (Å²) >= 11 is 5.94. The molecule has 0 unspecified atom stereocenters. The van der Waals surface area contributed by atoms with E-state index in [4.69, 9.17) is 16.0 Å². The fourth-order valence-electron chi connectivity index (χ4n) is 1.73. The zero-order valence-electron chi connectivity index (χ0n) is 10.8. The van der Waals surface area contributed by atoms with E-state index >= 15 is 0 Å². The monoisotopic (exact) mass is 303 g/mol. The minimum Gasteiger partial charge on any atom is -0.465 e. The summed E-state index contributed by atoms with van der Waals surface area (Å²) in [4.78, 5) is -0.0000512. The number of rotatable bonds is 4. The molecule has 8 heteroatoms. The lowest BCUT2D eigenvalue weighted by Crippen LogP contribution is -2.23. The van der Waals surface area contributed by atoms with Crippen LogP contribution in [0.5, 0.6) is 0 Å². The van der Waals surface area contributed by atoms with Crippen molar-refractivity contribution in [1.82, 2.24) is 14.5 Å². The molecule has 6 nitrogen and oxygen atoms in total. The first-order chi connectivity index (χ1) is 8.81. The van der Waals surface area contributed by atoms with Gasteiger partial charge in [0.15, 0.2) is 0 Å². The van der Waals surface area contributed by atoms with E-state index in [9.17, 15) is 8.42 Å². The van der Waals surface area contributed by atoms with Crippen LogP contribution < -0.4 is 4.72 Å². The van der Waals surface area contributed by atoms with Gasteiger partial charge in [0, 0.05) is 7.05 Å². The SMILES string of the molecule is Cc1ccc(CNS(=O)(=O)c2c(C)nn(C)c2Cl)o1. The Balaban J connectivity index is 2.23. The molecule has 0 aliphatic heterocycles. The molecule has 2 rings (SSSR count). The number of aromatic nitrogens is 2. The normalized spacial score (nSPS) is 12.0. The fraction of sp³-hybridized carbons (Fsp3) is 0.364. The zero-order chi connectivity index (χ0) is 14.2. The highest BCUT2D eigenvalue weighted by Gasteiger charge is 2.25. The molecule has 0 saturated carbocycles. The van der Waals surface area contributed by atoms with Crippen molar-refractivity contribution >= 4 is 21.6 Å². The van der Waals surface area contributed by atoms with Crippen molar-refractivity contribution in [1.29, 1.82) is 0 Å². The third-order valence-electron chi connectivity index (χ3n) is 2.60. The second kappa shape index (κ2) is 4.99. The van der Waals surface area contributed by atoms with Gasteiger partial charge >= 0.3 is 0 Å². The van der Waals surface area contributed by atoms with E-state index < -0.39 is 10.0 Å². The van der Waals surface area contributed by atoms with Crippen LogP contribution >= 0.6 is 11.6 Å². The first kappa shape index (κ1) is 14.1. The van der Waals surface area contributed by atoms with Gasteiger partial charge in [0.1, 0.15) is 21.6 Å². The van der Waals surface area contributed by atoms with Crippen LogP contribution in [0.2, 0.25) is 5.15 Å². The van der Waals surface area contributed by atoms with E-state index in [0.29, 0.717) is 11.5 Å². The standard InChI is InChI=1S/C11H14ClN3O3S/c1-7-4-5-9(18-7)6-13-19(16,17)10-8(2)14-15(3)11(10)12/h4-5,13H,6H2,1-3H3. The lowest BCUT2D eigenvalue weighted by atomic mass is 10.4. The summed E-state index contributed by atoms with van der Waals surface area (Å²) in [6.45, 7) is 3.46. The van der Waals surface area contributed by atoms with Crippen LogP contribution in [-0.2, 0) is 23.6 Å². The number of nitrogens with zero attached hydrogens (tertiary/aromatic N) is 2. The van der Waals surface area contributed by atoms with Gasteiger partial charge in [-0.25, -0.2) is 13.1 Å². The van der Waals surface area contributed by atoms with E-state index in [0.717, 1.165) is 5.76 Å². The molecule has 0 bridgehead atoms. The number of aryl methyl sites for hydroxylation is 3. The van der Waals surface area contributed by atoms with Crippen LogP contribution in [-0.4, -0.2) is 18.2 Å². The summed E-state index contributed by atoms with van der Waals surface area (Å²) < 4.78 is 33.4. The minimum absolute atomic E-state index is 0.0000512. The Morgan fingerprint density at radius 3 is 2.58 bits per heavy atom. The highest BCUT2D eigenvalue weighted by molar-refractivity contribution is 7.89. The van der Waals surface area contributed by atoms with Crippen molar-refractivity contribution in [3.8, 4) is 0 Å². The molecule has 0 aromatic carbocycles. The lowest BCUT2D eigenvalue weighted by molar-refractivity contribution is 0.475. The average molecular weight is 304 g/mol. The maximum absolute atomic E-state index is 12.2. The van der Waals surface area contributed by atoms with Crippen LogP contribution in [0.25, 0.3) is 0 Å². The molecular weight excluding hydrogens is 290 g/mol. The Hall–Kier alpha value is -1.31. The van der Waals surface area contributed by atoms with Crippen molar-refractivity contribution in [2.75, 3.05) is 0 Å². The van der Waals surface area contributed by atoms with Crippen molar-refractivity contribution in [3.63, 3.8) is 0 Å². The molecule has 0 saturated heterocycles. The van der Waals surface area contributed by atoms with Gasteiger partial charge in [-0.05, 0) is 26.0 Å². The number of sulfonamides is 1. The smallest absolute Gasteiger partial charge is 0.245 e. The quantitative estimate of drug-likeness (QED) is 0.933. The average Bonchev–Trinajstić information content (AvgIpc) is 2.82. The Bertz CT molecular complexity index is 703. The van der Waals surface area contributed by atoms with Gasteiger partial charge in [-0.1, -0.05) is 11.6 Å². The highest BCUT2D eigenvalue weighted by Crippen LogP contribution is 2.24. The molecule has 0 fully saturated rings. The molecule has 1 N–H and O–H groups in total. The van der Waals surface area contributed by atoms with Gasteiger partial charge < -0.3 is 4.42 Å². The van der Waals surface area contributed by atoms with Gasteiger partial charge in [-0.3, -0.25) is 4.68 Å². The van der Waals surface area contributed by atoms with Crippen LogP contribution in [0.4, 0.5) is 0 Å². The van der Waals surface area contributed by atoms with Crippen LogP contribution in [0.3, 0.4) is 0 Å². The Morgan fingerprint density at radius 1 is 1.42 bits per heavy atom. The number of halogens is 1. The molecule has 2 heterocycles. The third kappa shape index (κ3) is 2.83. The second-order valence-corrected chi connectivity index (χ2v) is 6.23. The van der Waals surface area contributed by atoms with E-state index in [-0.39, 0.29) is 16.6 Å². The molecule has 0 aliphatic carbocycles. The largest absolute Gasteiger partial charge is 0.465 e. The van der Waals surface area contributed by atoms with E-state index in [1.54, 1.807) is 33.0 Å².